The van der Waals surface area contributed by atoms with E-state index in [-0.39, 0.29) is 12.5 Å². The van der Waals surface area contributed by atoms with E-state index in [9.17, 15) is 0 Å². The molecule has 9 heteroatoms. The third-order valence-electron chi connectivity index (χ3n) is 2.41. The summed E-state index contributed by atoms with van der Waals surface area (Å²) in [4.78, 5) is 0. The Morgan fingerprint density at radius 2 is 1.26 bits per heavy atom. The first-order valence-corrected chi connectivity index (χ1v) is 9.39. The van der Waals surface area contributed by atoms with Crippen molar-refractivity contribution in [1.82, 2.24) is 0 Å². The zero-order valence-corrected chi connectivity index (χ0v) is 16.1. The van der Waals surface area contributed by atoms with Crippen LogP contribution in [0.4, 0.5) is 0 Å². The molecule has 0 unspecified atom stereocenters. The van der Waals surface area contributed by atoms with Gasteiger partial charge in [-0.25, -0.2) is 0 Å². The first-order chi connectivity index (χ1) is 11.0. The fourth-order valence-electron chi connectivity index (χ4n) is 1.44. The smallest absolute Gasteiger partial charge is 0.416 e. The highest BCUT2D eigenvalue weighted by Crippen LogP contribution is 2.45. The molecule has 23 heavy (non-hydrogen) atoms. The van der Waals surface area contributed by atoms with Gasteiger partial charge in [-0.05, 0) is 36.4 Å². The summed E-state index contributed by atoms with van der Waals surface area (Å²) in [5, 5.41) is 1.67. The zero-order chi connectivity index (χ0) is 16.8. The van der Waals surface area contributed by atoms with Crippen molar-refractivity contribution in [2.24, 2.45) is 0 Å². The average molecular weight is 434 g/mol. The van der Waals surface area contributed by atoms with Crippen molar-refractivity contribution in [3.63, 3.8) is 0 Å². The lowest BCUT2D eigenvalue weighted by atomic mass is 10.3. The molecule has 0 atom stereocenters. The largest absolute Gasteiger partial charge is 0.463 e. The molecule has 3 nitrogen and oxygen atoms in total. The highest BCUT2D eigenvalue weighted by atomic mass is 35.5. The van der Waals surface area contributed by atoms with Crippen LogP contribution in [0.3, 0.4) is 0 Å². The fraction of sp³-hybridized carbons (Fsp3) is 0.143. The third-order valence-corrected chi connectivity index (χ3v) is 4.71. The van der Waals surface area contributed by atoms with Crippen LogP contribution in [-0.2, 0) is 4.52 Å². The Balaban J connectivity index is 2.15. The maximum atomic E-state index is 6.08. The molecule has 0 bridgehead atoms. The predicted octanol–water partition coefficient (Wildman–Crippen LogP) is 7.24. The van der Waals surface area contributed by atoms with E-state index in [2.05, 4.69) is 0 Å². The molecule has 0 saturated carbocycles. The van der Waals surface area contributed by atoms with Crippen LogP contribution in [0.1, 0.15) is 0 Å². The summed E-state index contributed by atoms with van der Waals surface area (Å²) >= 11 is 29.5. The minimum Gasteiger partial charge on any atom is -0.416 e. The lowest BCUT2D eigenvalue weighted by Gasteiger charge is -2.18. The Morgan fingerprint density at radius 1 is 0.783 bits per heavy atom. The number of halogens is 5. The summed E-state index contributed by atoms with van der Waals surface area (Å²) in [6.45, 7) is 0.240. The van der Waals surface area contributed by atoms with Gasteiger partial charge in [0, 0.05) is 15.9 Å². The molecule has 2 rings (SSSR count). The van der Waals surface area contributed by atoms with Gasteiger partial charge in [0.15, 0.2) is 0 Å². The summed E-state index contributed by atoms with van der Waals surface area (Å²) < 4.78 is 16.8. The maximum Gasteiger partial charge on any atom is 0.463 e. The molecular formula is C14H10Cl5O3P. The summed E-state index contributed by atoms with van der Waals surface area (Å²) in [6, 6.07) is 9.65. The Morgan fingerprint density at radius 3 is 1.65 bits per heavy atom. The van der Waals surface area contributed by atoms with Crippen molar-refractivity contribution in [3.05, 3.63) is 56.5 Å². The van der Waals surface area contributed by atoms with Crippen molar-refractivity contribution in [2.45, 2.75) is 0 Å². The molecule has 0 N–H and O–H groups in total. The molecular weight excluding hydrogens is 424 g/mol. The number of rotatable bonds is 7. The molecule has 0 fully saturated rings. The predicted molar refractivity (Wildman–Crippen MR) is 97.8 cm³/mol. The Bertz CT molecular complexity index is 617. The van der Waals surface area contributed by atoms with Crippen LogP contribution >= 0.6 is 66.6 Å². The van der Waals surface area contributed by atoms with E-state index in [4.69, 9.17) is 71.6 Å². The normalized spacial score (nSPS) is 10.9. The van der Waals surface area contributed by atoms with Crippen LogP contribution in [0.5, 0.6) is 11.5 Å². The van der Waals surface area contributed by atoms with Crippen molar-refractivity contribution >= 4 is 66.6 Å². The number of hydrogen-bond acceptors (Lipinski definition) is 3. The molecule has 0 aliphatic heterocycles. The van der Waals surface area contributed by atoms with Crippen LogP contribution < -0.4 is 9.05 Å². The van der Waals surface area contributed by atoms with Crippen molar-refractivity contribution in [2.75, 3.05) is 12.5 Å². The van der Waals surface area contributed by atoms with Crippen LogP contribution in [0.25, 0.3) is 0 Å². The van der Waals surface area contributed by atoms with Crippen molar-refractivity contribution < 1.29 is 13.6 Å². The third kappa shape index (κ3) is 6.03. The topological polar surface area (TPSA) is 27.7 Å². The Hall–Kier alpha value is -0.120. The molecule has 2 aromatic rings. The lowest BCUT2D eigenvalue weighted by Crippen LogP contribution is -2.02. The summed E-state index contributed by atoms with van der Waals surface area (Å²) in [5.41, 5.74) is 0. The molecule has 2 aromatic carbocycles. The van der Waals surface area contributed by atoms with E-state index in [1.807, 2.05) is 0 Å². The fourth-order valence-corrected chi connectivity index (χ4v) is 3.65. The van der Waals surface area contributed by atoms with E-state index >= 15 is 0 Å². The molecule has 0 amide bonds. The number of alkyl halides is 1. The van der Waals surface area contributed by atoms with E-state index < -0.39 is 8.60 Å². The van der Waals surface area contributed by atoms with Gasteiger partial charge in [0.25, 0.3) is 0 Å². The van der Waals surface area contributed by atoms with Crippen molar-refractivity contribution in [1.29, 1.82) is 0 Å². The van der Waals surface area contributed by atoms with Crippen LogP contribution in [0, 0.1) is 0 Å². The van der Waals surface area contributed by atoms with E-state index in [1.54, 1.807) is 36.4 Å². The molecule has 0 aliphatic carbocycles. The first kappa shape index (κ1) is 19.2. The highest BCUT2D eigenvalue weighted by molar-refractivity contribution is 7.42. The SMILES string of the molecule is ClCCOP(Oc1ccc(Cl)cc1Cl)Oc1ccc(Cl)cc1Cl. The number of benzene rings is 2. The second kappa shape index (κ2) is 9.39. The average Bonchev–Trinajstić information content (AvgIpc) is 2.50. The Kier molecular flexibility index (Phi) is 7.84. The van der Waals surface area contributed by atoms with Gasteiger partial charge in [-0.15, -0.1) is 11.6 Å². The molecule has 0 saturated heterocycles. The summed E-state index contributed by atoms with van der Waals surface area (Å²) in [5.74, 6) is 1.04. The minimum atomic E-state index is -1.81. The van der Waals surface area contributed by atoms with Crippen LogP contribution in [-0.4, -0.2) is 12.5 Å². The summed E-state index contributed by atoms with van der Waals surface area (Å²) in [6.07, 6.45) is 0. The monoisotopic (exact) mass is 432 g/mol. The van der Waals surface area contributed by atoms with Gasteiger partial charge >= 0.3 is 8.60 Å². The second-order valence-electron chi connectivity index (χ2n) is 4.08. The van der Waals surface area contributed by atoms with Gasteiger partial charge in [0.1, 0.15) is 11.5 Å². The molecule has 0 aromatic heterocycles. The van der Waals surface area contributed by atoms with Gasteiger partial charge in [-0.3, -0.25) is 4.52 Å². The minimum absolute atomic E-state index is 0.240. The highest BCUT2D eigenvalue weighted by Gasteiger charge is 2.20. The molecule has 0 radical (unpaired) electrons. The number of hydrogen-bond donors (Lipinski definition) is 0. The van der Waals surface area contributed by atoms with Gasteiger partial charge in [-0.2, -0.15) is 0 Å². The second-order valence-corrected chi connectivity index (χ2v) is 7.21. The molecule has 124 valence electrons. The van der Waals surface area contributed by atoms with Gasteiger partial charge in [-0.1, -0.05) is 46.4 Å². The van der Waals surface area contributed by atoms with Gasteiger partial charge < -0.3 is 9.05 Å². The lowest BCUT2D eigenvalue weighted by molar-refractivity contribution is 0.281. The maximum absolute atomic E-state index is 6.08. The summed E-state index contributed by atoms with van der Waals surface area (Å²) in [7, 11) is -1.81. The van der Waals surface area contributed by atoms with Gasteiger partial charge in [0.2, 0.25) is 0 Å². The molecule has 0 aliphatic rings. The Labute approximate surface area is 160 Å². The van der Waals surface area contributed by atoms with E-state index in [0.717, 1.165) is 0 Å². The first-order valence-electron chi connectivity index (χ1n) is 6.24. The van der Waals surface area contributed by atoms with Crippen LogP contribution in [0.2, 0.25) is 20.1 Å². The molecule has 0 spiro atoms. The van der Waals surface area contributed by atoms with Gasteiger partial charge in [0.05, 0.1) is 16.7 Å². The quantitative estimate of drug-likeness (QED) is 0.340. The molecule has 0 heterocycles. The standard InChI is InChI=1S/C14H10Cl5O3P/c15-5-6-20-23(21-13-3-1-9(16)7-11(13)18)22-14-4-2-10(17)8-12(14)19/h1-4,7-8H,5-6H2. The van der Waals surface area contributed by atoms with E-state index in [0.29, 0.717) is 31.6 Å². The van der Waals surface area contributed by atoms with Crippen LogP contribution in [0.15, 0.2) is 36.4 Å². The van der Waals surface area contributed by atoms with E-state index in [1.165, 1.54) is 0 Å². The van der Waals surface area contributed by atoms with Crippen molar-refractivity contribution in [3.8, 4) is 11.5 Å². The zero-order valence-electron chi connectivity index (χ0n) is 11.4.